The molecule has 188 valence electrons. The van der Waals surface area contributed by atoms with Crippen LogP contribution < -0.4 is 25.4 Å². The molecule has 6 heteroatoms. The molecule has 2 aliphatic carbocycles. The van der Waals surface area contributed by atoms with Gasteiger partial charge in [-0.1, -0.05) is 50.7 Å². The zero-order chi connectivity index (χ0) is 24.3. The van der Waals surface area contributed by atoms with Gasteiger partial charge in [0.1, 0.15) is 11.5 Å². The Morgan fingerprint density at radius 1 is 0.886 bits per heavy atom. The smallest absolute Gasteiger partial charge is 0.228 e. The molecule has 0 spiro atoms. The quantitative estimate of drug-likeness (QED) is 0.453. The molecule has 1 heterocycles. The van der Waals surface area contributed by atoms with Crippen LogP contribution in [0, 0.1) is 11.8 Å². The number of benzene rings is 2. The van der Waals surface area contributed by atoms with E-state index in [-0.39, 0.29) is 23.8 Å². The minimum Gasteiger partial charge on any atom is -0.497 e. The highest BCUT2D eigenvalue weighted by molar-refractivity contribution is 5.87. The van der Waals surface area contributed by atoms with Gasteiger partial charge in [0, 0.05) is 11.6 Å². The van der Waals surface area contributed by atoms with Crippen LogP contribution in [-0.2, 0) is 10.5 Å². The molecule has 35 heavy (non-hydrogen) atoms. The number of carbonyl (C=O) groups is 1. The molecule has 2 aromatic rings. The van der Waals surface area contributed by atoms with Crippen LogP contribution in [0.3, 0.4) is 0 Å². The largest absolute Gasteiger partial charge is 0.497 e. The second-order valence-electron chi connectivity index (χ2n) is 10.4. The summed E-state index contributed by atoms with van der Waals surface area (Å²) < 4.78 is 11.5. The third kappa shape index (κ3) is 4.67. The molecule has 3 aliphatic rings. The van der Waals surface area contributed by atoms with Gasteiger partial charge in [0.2, 0.25) is 5.91 Å². The zero-order valence-corrected chi connectivity index (χ0v) is 21.1. The highest BCUT2D eigenvalue weighted by atomic mass is 16.5. The first-order chi connectivity index (χ1) is 17.1. The van der Waals surface area contributed by atoms with E-state index < -0.39 is 5.66 Å². The number of amides is 1. The monoisotopic (exact) mass is 477 g/mol. The minimum atomic E-state index is -0.843. The summed E-state index contributed by atoms with van der Waals surface area (Å²) in [6.45, 7) is 0. The summed E-state index contributed by atoms with van der Waals surface area (Å²) >= 11 is 0. The van der Waals surface area contributed by atoms with Crippen molar-refractivity contribution in [3.63, 3.8) is 0 Å². The average Bonchev–Trinajstić information content (AvgIpc) is 3.29. The first-order valence-electron chi connectivity index (χ1n) is 13.3. The fraction of sp³-hybridized carbons (Fsp3) is 0.552. The third-order valence-corrected chi connectivity index (χ3v) is 8.24. The van der Waals surface area contributed by atoms with Crippen molar-refractivity contribution >= 4 is 17.3 Å². The Kier molecular flexibility index (Phi) is 7.07. The lowest BCUT2D eigenvalue weighted by Crippen LogP contribution is -2.57. The average molecular weight is 478 g/mol. The number of rotatable bonds is 7. The highest BCUT2D eigenvalue weighted by Crippen LogP contribution is 2.51. The summed E-state index contributed by atoms with van der Waals surface area (Å²) in [5, 5.41) is 11.1. The molecule has 5 rings (SSSR count). The molecule has 1 aliphatic heterocycles. The molecule has 3 N–H and O–H groups in total. The molecule has 2 fully saturated rings. The predicted octanol–water partition coefficient (Wildman–Crippen LogP) is 6.04. The maximum Gasteiger partial charge on any atom is 0.228 e. The van der Waals surface area contributed by atoms with Gasteiger partial charge >= 0.3 is 0 Å². The summed E-state index contributed by atoms with van der Waals surface area (Å²) in [7, 11) is 3.37. The number of hydrogen-bond acceptors (Lipinski definition) is 5. The summed E-state index contributed by atoms with van der Waals surface area (Å²) in [4.78, 5) is 14.3. The Balaban J connectivity index is 1.63. The molecule has 2 saturated carbocycles. The van der Waals surface area contributed by atoms with Crippen molar-refractivity contribution in [1.82, 2.24) is 5.32 Å². The number of fused-ring (bicyclic) bond motifs is 1. The van der Waals surface area contributed by atoms with Crippen molar-refractivity contribution in [3.05, 3.63) is 48.0 Å². The fourth-order valence-corrected chi connectivity index (χ4v) is 6.51. The van der Waals surface area contributed by atoms with E-state index in [0.717, 1.165) is 67.0 Å². The molecular weight excluding hydrogens is 438 g/mol. The zero-order valence-electron chi connectivity index (χ0n) is 21.1. The van der Waals surface area contributed by atoms with Gasteiger partial charge in [-0.25, -0.2) is 0 Å². The van der Waals surface area contributed by atoms with Gasteiger partial charge in [0.05, 0.1) is 31.5 Å². The van der Waals surface area contributed by atoms with E-state index >= 15 is 0 Å². The number of nitrogens with one attached hydrogen (secondary N) is 3. The standard InChI is InChI=1S/C29H39N3O3/c1-34-22-17-18-26(35-2)23(19-22)29(31-24-15-9-10-16-25(24)32-29)27(20-11-5-3-6-12-20)28(33)30-21-13-7-4-8-14-21/h9-10,15-21,27,31-32H,3-8,11-14H2,1-2H3,(H,30,33). The maximum absolute atomic E-state index is 14.3. The second-order valence-corrected chi connectivity index (χ2v) is 10.4. The van der Waals surface area contributed by atoms with Gasteiger partial charge in [0.25, 0.3) is 0 Å². The lowest BCUT2D eigenvalue weighted by atomic mass is 9.70. The van der Waals surface area contributed by atoms with Crippen LogP contribution in [0.2, 0.25) is 0 Å². The molecular formula is C29H39N3O3. The molecule has 0 radical (unpaired) electrons. The van der Waals surface area contributed by atoms with Crippen LogP contribution in [0.4, 0.5) is 11.4 Å². The Morgan fingerprint density at radius 3 is 2.11 bits per heavy atom. The summed E-state index contributed by atoms with van der Waals surface area (Å²) in [6.07, 6.45) is 11.5. The number of carbonyl (C=O) groups excluding carboxylic acids is 1. The molecule has 1 unspecified atom stereocenters. The van der Waals surface area contributed by atoms with E-state index in [1.807, 2.05) is 30.3 Å². The van der Waals surface area contributed by atoms with Crippen molar-refractivity contribution < 1.29 is 14.3 Å². The predicted molar refractivity (Wildman–Crippen MR) is 140 cm³/mol. The van der Waals surface area contributed by atoms with Crippen LogP contribution in [0.5, 0.6) is 11.5 Å². The van der Waals surface area contributed by atoms with Crippen LogP contribution >= 0.6 is 0 Å². The van der Waals surface area contributed by atoms with Gasteiger partial charge in [-0.15, -0.1) is 0 Å². The lowest BCUT2D eigenvalue weighted by molar-refractivity contribution is -0.130. The van der Waals surface area contributed by atoms with Crippen LogP contribution in [0.1, 0.15) is 69.8 Å². The van der Waals surface area contributed by atoms with E-state index in [9.17, 15) is 4.79 Å². The molecule has 2 aromatic carbocycles. The third-order valence-electron chi connectivity index (χ3n) is 8.24. The van der Waals surface area contributed by atoms with Crippen molar-refractivity contribution in [1.29, 1.82) is 0 Å². The van der Waals surface area contributed by atoms with Crippen molar-refractivity contribution in [2.24, 2.45) is 11.8 Å². The van der Waals surface area contributed by atoms with Gasteiger partial charge in [-0.05, 0) is 61.9 Å². The fourth-order valence-electron chi connectivity index (χ4n) is 6.51. The molecule has 0 saturated heterocycles. The lowest BCUT2D eigenvalue weighted by Gasteiger charge is -2.44. The molecule has 0 aromatic heterocycles. The molecule has 1 atom stereocenters. The number of methoxy groups -OCH3 is 2. The number of para-hydroxylation sites is 2. The minimum absolute atomic E-state index is 0.140. The normalized spacial score (nSPS) is 20.7. The van der Waals surface area contributed by atoms with E-state index in [2.05, 4.69) is 28.1 Å². The molecule has 6 nitrogen and oxygen atoms in total. The Bertz CT molecular complexity index is 1000. The number of ether oxygens (including phenoxy) is 2. The maximum atomic E-state index is 14.3. The number of anilines is 2. The van der Waals surface area contributed by atoms with Crippen molar-refractivity contribution in [2.45, 2.75) is 75.9 Å². The van der Waals surface area contributed by atoms with Gasteiger partial charge in [-0.2, -0.15) is 0 Å². The van der Waals surface area contributed by atoms with Gasteiger partial charge < -0.3 is 25.4 Å². The van der Waals surface area contributed by atoms with Crippen molar-refractivity contribution in [3.8, 4) is 11.5 Å². The second kappa shape index (κ2) is 10.4. The number of hydrogen-bond donors (Lipinski definition) is 3. The van der Waals surface area contributed by atoms with Crippen LogP contribution in [-0.4, -0.2) is 26.2 Å². The topological polar surface area (TPSA) is 71.6 Å². The molecule has 0 bridgehead atoms. The Hall–Kier alpha value is -2.89. The van der Waals surface area contributed by atoms with E-state index in [0.29, 0.717) is 0 Å². The summed E-state index contributed by atoms with van der Waals surface area (Å²) in [5.41, 5.74) is 2.07. The first kappa shape index (κ1) is 23.8. The highest BCUT2D eigenvalue weighted by Gasteiger charge is 2.53. The van der Waals surface area contributed by atoms with Gasteiger partial charge in [-0.3, -0.25) is 4.79 Å². The van der Waals surface area contributed by atoms with E-state index in [4.69, 9.17) is 9.47 Å². The Morgan fingerprint density at radius 2 is 1.51 bits per heavy atom. The van der Waals surface area contributed by atoms with Crippen LogP contribution in [0.15, 0.2) is 42.5 Å². The van der Waals surface area contributed by atoms with Crippen molar-refractivity contribution in [2.75, 3.05) is 24.9 Å². The Labute approximate surface area is 209 Å². The first-order valence-corrected chi connectivity index (χ1v) is 13.3. The van der Waals surface area contributed by atoms with Gasteiger partial charge in [0.15, 0.2) is 5.66 Å². The van der Waals surface area contributed by atoms with E-state index in [1.54, 1.807) is 14.2 Å². The SMILES string of the molecule is COc1ccc(OC)c(C2(C(C(=O)NC3CCCCC3)C3CCCCC3)Nc3ccccc3N2)c1. The summed E-state index contributed by atoms with van der Waals surface area (Å²) in [5.74, 6) is 1.58. The molecule has 1 amide bonds. The summed E-state index contributed by atoms with van der Waals surface area (Å²) in [6, 6.07) is 14.4. The van der Waals surface area contributed by atoms with E-state index in [1.165, 1.54) is 25.7 Å². The van der Waals surface area contributed by atoms with Crippen LogP contribution in [0.25, 0.3) is 0 Å².